The summed E-state index contributed by atoms with van der Waals surface area (Å²) in [4.78, 5) is 0. The monoisotopic (exact) mass is 435 g/mol. The van der Waals surface area contributed by atoms with Crippen LogP contribution in [0.1, 0.15) is 36.1 Å². The Hall–Kier alpha value is -3.02. The molecule has 0 saturated carbocycles. The van der Waals surface area contributed by atoms with Crippen molar-refractivity contribution >= 4 is 0 Å². The number of hydrogen-bond acceptors (Lipinski definition) is 5. The number of hydrogen-bond donors (Lipinski definition) is 2. The van der Waals surface area contributed by atoms with Crippen LogP contribution in [-0.2, 0) is 13.0 Å². The fourth-order valence-corrected chi connectivity index (χ4v) is 3.57. The van der Waals surface area contributed by atoms with E-state index in [1.165, 1.54) is 5.56 Å². The summed E-state index contributed by atoms with van der Waals surface area (Å²) in [5.74, 6) is 2.12. The number of aliphatic hydroxyl groups is 1. The molecule has 3 aromatic carbocycles. The highest BCUT2D eigenvalue weighted by molar-refractivity contribution is 5.43. The maximum absolute atomic E-state index is 10.7. The van der Waals surface area contributed by atoms with E-state index < -0.39 is 6.10 Å². The average molecular weight is 436 g/mol. The summed E-state index contributed by atoms with van der Waals surface area (Å²) in [5, 5.41) is 14.1. The highest BCUT2D eigenvalue weighted by Crippen LogP contribution is 2.28. The molecule has 5 nitrogen and oxygen atoms in total. The summed E-state index contributed by atoms with van der Waals surface area (Å²) in [7, 11) is 3.23. The minimum absolute atomic E-state index is 0.0377. The molecule has 0 radical (unpaired) electrons. The van der Waals surface area contributed by atoms with Crippen molar-refractivity contribution in [1.29, 1.82) is 0 Å². The van der Waals surface area contributed by atoms with Crippen molar-refractivity contribution in [2.24, 2.45) is 0 Å². The molecule has 0 aromatic heterocycles. The zero-order valence-electron chi connectivity index (χ0n) is 19.1. The van der Waals surface area contributed by atoms with Crippen molar-refractivity contribution in [2.75, 3.05) is 20.8 Å². The Morgan fingerprint density at radius 1 is 0.844 bits per heavy atom. The third kappa shape index (κ3) is 6.74. The quantitative estimate of drug-likeness (QED) is 0.395. The van der Waals surface area contributed by atoms with E-state index in [1.54, 1.807) is 14.2 Å². The van der Waals surface area contributed by atoms with Crippen LogP contribution in [0.5, 0.6) is 17.2 Å². The molecule has 3 rings (SSSR count). The smallest absolute Gasteiger partial charge is 0.161 e. The minimum atomic E-state index is -0.577. The lowest BCUT2D eigenvalue weighted by Crippen LogP contribution is -2.33. The lowest BCUT2D eigenvalue weighted by molar-refractivity contribution is 0.136. The van der Waals surface area contributed by atoms with Gasteiger partial charge >= 0.3 is 0 Å². The molecule has 3 aromatic rings. The number of aryl methyl sites for hydroxylation is 1. The van der Waals surface area contributed by atoms with E-state index >= 15 is 0 Å². The third-order valence-electron chi connectivity index (χ3n) is 5.50. The fraction of sp³-hybridized carbons (Fsp3) is 0.333. The molecule has 0 aliphatic rings. The van der Waals surface area contributed by atoms with Gasteiger partial charge in [0.2, 0.25) is 0 Å². The Balaban J connectivity index is 1.45. The van der Waals surface area contributed by atoms with Gasteiger partial charge in [0.05, 0.1) is 20.3 Å². The van der Waals surface area contributed by atoms with Crippen LogP contribution in [0.3, 0.4) is 0 Å². The molecule has 0 bridgehead atoms. The third-order valence-corrected chi connectivity index (χ3v) is 5.50. The van der Waals surface area contributed by atoms with Crippen molar-refractivity contribution in [3.8, 4) is 17.2 Å². The first-order valence-corrected chi connectivity index (χ1v) is 11.0. The Morgan fingerprint density at radius 3 is 2.25 bits per heavy atom. The molecular weight excluding hydrogens is 402 g/mol. The molecule has 2 atom stereocenters. The predicted molar refractivity (Wildman–Crippen MR) is 128 cm³/mol. The molecule has 0 aliphatic heterocycles. The van der Waals surface area contributed by atoms with Gasteiger partial charge in [0.1, 0.15) is 12.4 Å². The predicted octanol–water partition coefficient (Wildman–Crippen LogP) is 4.93. The summed E-state index contributed by atoms with van der Waals surface area (Å²) in [6, 6.07) is 23.7. The lowest BCUT2D eigenvalue weighted by Gasteiger charge is -2.21. The van der Waals surface area contributed by atoms with Gasteiger partial charge in [-0.05, 0) is 67.3 Å². The van der Waals surface area contributed by atoms with Gasteiger partial charge in [-0.1, -0.05) is 48.5 Å². The second-order valence-corrected chi connectivity index (χ2v) is 7.82. The molecule has 170 valence electrons. The number of methoxy groups -OCH3 is 2. The number of ether oxygens (including phenoxy) is 3. The molecule has 0 saturated heterocycles. The largest absolute Gasteiger partial charge is 0.493 e. The SMILES string of the molecule is COc1ccc(COc2ccc(C(O)C(C)NCCCc3ccccc3)cc2)cc1OC. The molecular formula is C27H33NO4. The maximum Gasteiger partial charge on any atom is 0.161 e. The summed E-state index contributed by atoms with van der Waals surface area (Å²) in [5.41, 5.74) is 3.19. The molecule has 0 spiro atoms. The van der Waals surface area contributed by atoms with Crippen LogP contribution in [0, 0.1) is 0 Å². The van der Waals surface area contributed by atoms with Gasteiger partial charge in [-0.2, -0.15) is 0 Å². The molecule has 5 heteroatoms. The normalized spacial score (nSPS) is 12.8. The number of aliphatic hydroxyl groups excluding tert-OH is 1. The summed E-state index contributed by atoms with van der Waals surface area (Å²) >= 11 is 0. The van der Waals surface area contributed by atoms with Gasteiger partial charge in [0, 0.05) is 6.04 Å². The average Bonchev–Trinajstić information content (AvgIpc) is 2.85. The second-order valence-electron chi connectivity index (χ2n) is 7.82. The van der Waals surface area contributed by atoms with Crippen molar-refractivity contribution < 1.29 is 19.3 Å². The standard InChI is InChI=1S/C27H33NO4/c1-20(28-17-7-10-21-8-5-4-6-9-21)27(29)23-12-14-24(15-13-23)32-19-22-11-16-25(30-2)26(18-22)31-3/h4-6,8-9,11-16,18,20,27-29H,7,10,17,19H2,1-3H3. The Labute approximate surface area is 191 Å². The first-order chi connectivity index (χ1) is 15.6. The van der Waals surface area contributed by atoms with E-state index in [4.69, 9.17) is 14.2 Å². The van der Waals surface area contributed by atoms with Crippen LogP contribution in [0.2, 0.25) is 0 Å². The van der Waals surface area contributed by atoms with E-state index in [2.05, 4.69) is 29.6 Å². The highest BCUT2D eigenvalue weighted by atomic mass is 16.5. The molecule has 32 heavy (non-hydrogen) atoms. The number of rotatable bonds is 12. The van der Waals surface area contributed by atoms with Crippen LogP contribution < -0.4 is 19.5 Å². The first-order valence-electron chi connectivity index (χ1n) is 11.0. The van der Waals surface area contributed by atoms with E-state index in [1.807, 2.05) is 55.5 Å². The molecule has 2 N–H and O–H groups in total. The van der Waals surface area contributed by atoms with E-state index in [-0.39, 0.29) is 6.04 Å². The van der Waals surface area contributed by atoms with Gasteiger partial charge in [-0.25, -0.2) is 0 Å². The molecule has 0 heterocycles. The topological polar surface area (TPSA) is 60.0 Å². The second kappa shape index (κ2) is 12.1. The summed E-state index contributed by atoms with van der Waals surface area (Å²) < 4.78 is 16.5. The van der Waals surface area contributed by atoms with Crippen LogP contribution in [0.25, 0.3) is 0 Å². The van der Waals surface area contributed by atoms with Gasteiger partial charge in [-0.3, -0.25) is 0 Å². The van der Waals surface area contributed by atoms with Gasteiger partial charge in [0.15, 0.2) is 11.5 Å². The summed E-state index contributed by atoms with van der Waals surface area (Å²) in [6.07, 6.45) is 1.49. The minimum Gasteiger partial charge on any atom is -0.493 e. The zero-order valence-corrected chi connectivity index (χ0v) is 19.1. The van der Waals surface area contributed by atoms with Crippen molar-refractivity contribution in [1.82, 2.24) is 5.32 Å². The first kappa shape index (κ1) is 23.6. The van der Waals surface area contributed by atoms with Crippen LogP contribution in [0.4, 0.5) is 0 Å². The van der Waals surface area contributed by atoms with Crippen molar-refractivity contribution in [3.05, 3.63) is 89.5 Å². The van der Waals surface area contributed by atoms with Gasteiger partial charge in [-0.15, -0.1) is 0 Å². The number of nitrogens with one attached hydrogen (secondary N) is 1. The van der Waals surface area contributed by atoms with Crippen LogP contribution in [0.15, 0.2) is 72.8 Å². The Morgan fingerprint density at radius 2 is 1.56 bits per heavy atom. The van der Waals surface area contributed by atoms with E-state index in [9.17, 15) is 5.11 Å². The lowest BCUT2D eigenvalue weighted by atomic mass is 10.0. The van der Waals surface area contributed by atoms with E-state index in [0.717, 1.165) is 36.3 Å². The summed E-state index contributed by atoms with van der Waals surface area (Å²) in [6.45, 7) is 3.29. The van der Waals surface area contributed by atoms with Crippen molar-refractivity contribution in [2.45, 2.75) is 38.5 Å². The van der Waals surface area contributed by atoms with Gasteiger partial charge < -0.3 is 24.6 Å². The molecule has 0 aliphatic carbocycles. The molecule has 2 unspecified atom stereocenters. The fourth-order valence-electron chi connectivity index (χ4n) is 3.57. The van der Waals surface area contributed by atoms with Crippen molar-refractivity contribution in [3.63, 3.8) is 0 Å². The van der Waals surface area contributed by atoms with E-state index in [0.29, 0.717) is 18.1 Å². The Bertz CT molecular complexity index is 944. The molecule has 0 fully saturated rings. The number of benzene rings is 3. The van der Waals surface area contributed by atoms with Crippen LogP contribution >= 0.6 is 0 Å². The van der Waals surface area contributed by atoms with Crippen LogP contribution in [-0.4, -0.2) is 31.9 Å². The Kier molecular flexibility index (Phi) is 8.96. The molecule has 0 amide bonds. The van der Waals surface area contributed by atoms with Gasteiger partial charge in [0.25, 0.3) is 0 Å². The maximum atomic E-state index is 10.7. The zero-order chi connectivity index (χ0) is 22.8. The highest BCUT2D eigenvalue weighted by Gasteiger charge is 2.15.